The molecular formula is C17H22O3. The fourth-order valence-electron chi connectivity index (χ4n) is 2.95. The number of benzene rings is 1. The van der Waals surface area contributed by atoms with Crippen molar-refractivity contribution in [2.75, 3.05) is 14.2 Å². The number of hydrogen-bond acceptors (Lipinski definition) is 3. The largest absolute Gasteiger partial charge is 0.493 e. The van der Waals surface area contributed by atoms with E-state index in [1.54, 1.807) is 20.3 Å². The van der Waals surface area contributed by atoms with Crippen molar-refractivity contribution < 1.29 is 14.3 Å². The van der Waals surface area contributed by atoms with E-state index in [1.807, 2.05) is 12.1 Å². The zero-order chi connectivity index (χ0) is 14.4. The third-order valence-electron chi connectivity index (χ3n) is 4.00. The summed E-state index contributed by atoms with van der Waals surface area (Å²) in [6.07, 6.45) is 8.37. The van der Waals surface area contributed by atoms with E-state index >= 15 is 0 Å². The van der Waals surface area contributed by atoms with Crippen LogP contribution < -0.4 is 9.47 Å². The van der Waals surface area contributed by atoms with Gasteiger partial charge in [-0.2, -0.15) is 0 Å². The monoisotopic (exact) mass is 274 g/mol. The van der Waals surface area contributed by atoms with Gasteiger partial charge in [0.2, 0.25) is 0 Å². The molecular weight excluding hydrogens is 252 g/mol. The zero-order valence-corrected chi connectivity index (χ0v) is 12.2. The van der Waals surface area contributed by atoms with Crippen LogP contribution in [0.5, 0.6) is 11.5 Å². The highest BCUT2D eigenvalue weighted by atomic mass is 16.5. The Labute approximate surface area is 120 Å². The third-order valence-corrected chi connectivity index (χ3v) is 4.00. The zero-order valence-electron chi connectivity index (χ0n) is 12.2. The highest BCUT2D eigenvalue weighted by Gasteiger charge is 2.20. The summed E-state index contributed by atoms with van der Waals surface area (Å²) in [6.45, 7) is 0. The molecule has 0 N–H and O–H groups in total. The second-order valence-electron chi connectivity index (χ2n) is 5.14. The van der Waals surface area contributed by atoms with E-state index in [2.05, 4.69) is 6.07 Å². The number of aldehydes is 1. The van der Waals surface area contributed by atoms with E-state index in [1.165, 1.54) is 30.4 Å². The maximum atomic E-state index is 10.9. The Morgan fingerprint density at radius 2 is 1.90 bits per heavy atom. The Bertz CT molecular complexity index is 491. The molecule has 1 fully saturated rings. The van der Waals surface area contributed by atoms with Crippen molar-refractivity contribution >= 4 is 6.29 Å². The fourth-order valence-corrected chi connectivity index (χ4v) is 2.95. The van der Waals surface area contributed by atoms with E-state index in [4.69, 9.17) is 9.47 Å². The molecule has 0 saturated heterocycles. The number of methoxy groups -OCH3 is 2. The number of hydrogen-bond donors (Lipinski definition) is 0. The van der Waals surface area contributed by atoms with E-state index in [0.29, 0.717) is 5.92 Å². The molecule has 20 heavy (non-hydrogen) atoms. The molecule has 0 bridgehead atoms. The predicted molar refractivity (Wildman–Crippen MR) is 79.5 cm³/mol. The summed E-state index contributed by atoms with van der Waals surface area (Å²) >= 11 is 0. The summed E-state index contributed by atoms with van der Waals surface area (Å²) in [5, 5.41) is 0. The number of ether oxygens (including phenoxy) is 2. The Balaban J connectivity index is 2.36. The number of carbonyl (C=O) groups excluding carboxylic acids is 1. The molecule has 108 valence electrons. The molecule has 2 rings (SSSR count). The van der Waals surface area contributed by atoms with Crippen molar-refractivity contribution in [2.24, 2.45) is 0 Å². The smallest absolute Gasteiger partial charge is 0.161 e. The first-order valence-corrected chi connectivity index (χ1v) is 7.16. The molecule has 3 nitrogen and oxygen atoms in total. The van der Waals surface area contributed by atoms with Crippen LogP contribution in [0.2, 0.25) is 0 Å². The maximum absolute atomic E-state index is 10.9. The number of allylic oxidation sites excluding steroid dienone is 2. The first-order valence-electron chi connectivity index (χ1n) is 7.16. The lowest BCUT2D eigenvalue weighted by Gasteiger charge is -2.19. The Morgan fingerprint density at radius 3 is 2.60 bits per heavy atom. The second-order valence-corrected chi connectivity index (χ2v) is 5.14. The van der Waals surface area contributed by atoms with Gasteiger partial charge in [-0.25, -0.2) is 0 Å². The fraction of sp³-hybridized carbons (Fsp3) is 0.471. The molecule has 0 heterocycles. The van der Waals surface area contributed by atoms with E-state index in [9.17, 15) is 4.79 Å². The lowest BCUT2D eigenvalue weighted by molar-refractivity contribution is -0.104. The van der Waals surface area contributed by atoms with Gasteiger partial charge in [0.15, 0.2) is 11.5 Å². The Kier molecular flexibility index (Phi) is 5.22. The van der Waals surface area contributed by atoms with Gasteiger partial charge < -0.3 is 9.47 Å². The van der Waals surface area contributed by atoms with Gasteiger partial charge in [-0.15, -0.1) is 0 Å². The molecule has 0 amide bonds. The summed E-state index contributed by atoms with van der Waals surface area (Å²) in [5.74, 6) is 1.81. The van der Waals surface area contributed by atoms with Gasteiger partial charge in [0.05, 0.1) is 14.2 Å². The third kappa shape index (κ3) is 3.21. The van der Waals surface area contributed by atoms with Crippen LogP contribution in [0.25, 0.3) is 0 Å². The van der Waals surface area contributed by atoms with Crippen molar-refractivity contribution in [1.82, 2.24) is 0 Å². The molecule has 1 unspecified atom stereocenters. The summed E-state index contributed by atoms with van der Waals surface area (Å²) in [6, 6.07) is 6.06. The number of rotatable bonds is 4. The normalized spacial score (nSPS) is 21.3. The van der Waals surface area contributed by atoms with Crippen LogP contribution in [-0.2, 0) is 4.79 Å². The molecule has 1 aromatic rings. The lowest BCUT2D eigenvalue weighted by atomic mass is 9.87. The van der Waals surface area contributed by atoms with Gasteiger partial charge in [-0.05, 0) is 43.0 Å². The van der Waals surface area contributed by atoms with Gasteiger partial charge in [-0.1, -0.05) is 24.5 Å². The highest BCUT2D eigenvalue weighted by Crippen LogP contribution is 2.39. The molecule has 0 aromatic heterocycles. The van der Waals surface area contributed by atoms with E-state index in [0.717, 1.165) is 30.6 Å². The van der Waals surface area contributed by atoms with Crippen LogP contribution in [0.15, 0.2) is 29.8 Å². The van der Waals surface area contributed by atoms with Gasteiger partial charge >= 0.3 is 0 Å². The quantitative estimate of drug-likeness (QED) is 0.475. The topological polar surface area (TPSA) is 35.5 Å². The van der Waals surface area contributed by atoms with Crippen LogP contribution in [0.3, 0.4) is 0 Å². The van der Waals surface area contributed by atoms with Crippen molar-refractivity contribution in [3.8, 4) is 11.5 Å². The molecule has 0 aliphatic heterocycles. The lowest BCUT2D eigenvalue weighted by Crippen LogP contribution is -2.03. The molecule has 0 spiro atoms. The highest BCUT2D eigenvalue weighted by molar-refractivity contribution is 5.67. The van der Waals surface area contributed by atoms with Crippen molar-refractivity contribution in [2.45, 2.75) is 38.0 Å². The minimum absolute atomic E-state index is 0.322. The van der Waals surface area contributed by atoms with Crippen molar-refractivity contribution in [1.29, 1.82) is 0 Å². The summed E-state index contributed by atoms with van der Waals surface area (Å²) in [7, 11) is 3.29. The minimum atomic E-state index is 0.322. The molecule has 1 atom stereocenters. The SMILES string of the molecule is COc1ccc(C2CCCCC/C2=C\C=O)cc1OC. The summed E-state index contributed by atoms with van der Waals surface area (Å²) < 4.78 is 10.7. The summed E-state index contributed by atoms with van der Waals surface area (Å²) in [5.41, 5.74) is 2.45. The maximum Gasteiger partial charge on any atom is 0.161 e. The van der Waals surface area contributed by atoms with E-state index < -0.39 is 0 Å². The van der Waals surface area contributed by atoms with Crippen molar-refractivity contribution in [3.05, 3.63) is 35.4 Å². The van der Waals surface area contributed by atoms with Crippen LogP contribution in [0.1, 0.15) is 43.6 Å². The van der Waals surface area contributed by atoms with Crippen LogP contribution in [-0.4, -0.2) is 20.5 Å². The van der Waals surface area contributed by atoms with Gasteiger partial charge in [0.25, 0.3) is 0 Å². The average molecular weight is 274 g/mol. The molecule has 0 radical (unpaired) electrons. The Morgan fingerprint density at radius 1 is 1.10 bits per heavy atom. The Hall–Kier alpha value is -1.77. The van der Waals surface area contributed by atoms with Crippen molar-refractivity contribution in [3.63, 3.8) is 0 Å². The van der Waals surface area contributed by atoms with E-state index in [-0.39, 0.29) is 0 Å². The van der Waals surface area contributed by atoms with Gasteiger partial charge in [0.1, 0.15) is 6.29 Å². The predicted octanol–water partition coefficient (Wildman–Crippen LogP) is 3.88. The van der Waals surface area contributed by atoms with Gasteiger partial charge in [-0.3, -0.25) is 4.79 Å². The minimum Gasteiger partial charge on any atom is -0.493 e. The summed E-state index contributed by atoms with van der Waals surface area (Å²) in [4.78, 5) is 10.9. The first kappa shape index (κ1) is 14.6. The molecule has 3 heteroatoms. The second kappa shape index (κ2) is 7.13. The molecule has 1 aromatic carbocycles. The first-order chi connectivity index (χ1) is 9.80. The molecule has 1 saturated carbocycles. The average Bonchev–Trinajstić information content (AvgIpc) is 2.72. The van der Waals surface area contributed by atoms with Crippen LogP contribution in [0, 0.1) is 0 Å². The van der Waals surface area contributed by atoms with Crippen LogP contribution >= 0.6 is 0 Å². The van der Waals surface area contributed by atoms with Crippen LogP contribution in [0.4, 0.5) is 0 Å². The van der Waals surface area contributed by atoms with Gasteiger partial charge in [0, 0.05) is 5.92 Å². The molecule has 1 aliphatic carbocycles. The standard InChI is InChI=1S/C17H22O3/c1-19-16-9-8-14(12-17(16)20-2)15-7-5-3-4-6-13(15)10-11-18/h8-12,15H,3-7H2,1-2H3/b13-10+. The molecule has 1 aliphatic rings. The number of carbonyl (C=O) groups is 1.